The maximum absolute atomic E-state index is 13.5. The van der Waals surface area contributed by atoms with E-state index in [0.29, 0.717) is 32.4 Å². The number of ketones is 1. The van der Waals surface area contributed by atoms with E-state index in [0.717, 1.165) is 6.42 Å². The quantitative estimate of drug-likeness (QED) is 0.144. The highest BCUT2D eigenvalue weighted by Crippen LogP contribution is 2.37. The van der Waals surface area contributed by atoms with Crippen LogP contribution in [0, 0.1) is 17.8 Å². The van der Waals surface area contributed by atoms with Gasteiger partial charge in [-0.05, 0) is 97.6 Å². The van der Waals surface area contributed by atoms with Gasteiger partial charge in [-0.15, -0.1) is 0 Å². The van der Waals surface area contributed by atoms with Crippen molar-refractivity contribution in [3.05, 3.63) is 60.2 Å². The topological polar surface area (TPSA) is 192 Å². The number of nitrogens with zero attached hydrogens (tertiary/aromatic N) is 1. The Kier molecular flexibility index (Phi) is 20.8. The molecule has 15 heteroatoms. The summed E-state index contributed by atoms with van der Waals surface area (Å²) in [7, 11) is 5.02. The highest BCUT2D eigenvalue weighted by molar-refractivity contribution is 5.91. The van der Waals surface area contributed by atoms with Gasteiger partial charge in [-0.3, -0.25) is 14.4 Å². The monoisotopic (exact) mass is 889 g/mol. The molecular weight excluding hydrogens is 813 g/mol. The number of aliphatic hydroxyl groups is 3. The summed E-state index contributed by atoms with van der Waals surface area (Å²) in [6, 6.07) is 9.40. The molecule has 3 aliphatic heterocycles. The Morgan fingerprint density at radius 2 is 1.68 bits per heavy atom. The third-order valence-electron chi connectivity index (χ3n) is 12.2. The van der Waals surface area contributed by atoms with Gasteiger partial charge in [-0.1, -0.05) is 69.3 Å². The first kappa shape index (κ1) is 52.5. The van der Waals surface area contributed by atoms with Gasteiger partial charge in [0.05, 0.1) is 36.9 Å². The fourth-order valence-corrected chi connectivity index (χ4v) is 8.89. The molecule has 0 spiro atoms. The number of carbonyl (C=O) groups is 3. The van der Waals surface area contributed by atoms with Crippen LogP contribution in [0.25, 0.3) is 0 Å². The molecule has 0 bridgehead atoms. The molecule has 0 unspecified atom stereocenters. The van der Waals surface area contributed by atoms with Gasteiger partial charge in [-0.2, -0.15) is 0 Å². The van der Waals surface area contributed by atoms with E-state index in [9.17, 15) is 29.7 Å². The van der Waals surface area contributed by atoms with Crippen molar-refractivity contribution in [1.29, 1.82) is 0 Å². The fraction of sp³-hybridized carbons (Fsp3) is 0.729. The Hall–Kier alpha value is -3.09. The van der Waals surface area contributed by atoms with Crippen LogP contribution in [-0.2, 0) is 54.0 Å². The summed E-state index contributed by atoms with van der Waals surface area (Å²) in [4.78, 5) is 41.1. The number of methoxy groups -OCH3 is 1. The summed E-state index contributed by atoms with van der Waals surface area (Å²) in [5, 5.41) is 39.0. The molecule has 4 rings (SSSR count). The molecule has 0 radical (unpaired) electrons. The van der Waals surface area contributed by atoms with Crippen LogP contribution in [-0.4, -0.2) is 151 Å². The predicted molar refractivity (Wildman–Crippen MR) is 236 cm³/mol. The number of cyclic esters (lactones) is 1. The lowest BCUT2D eigenvalue weighted by Crippen LogP contribution is -2.66. The zero-order valence-electron chi connectivity index (χ0n) is 39.1. The molecule has 0 saturated carbocycles. The van der Waals surface area contributed by atoms with Gasteiger partial charge >= 0.3 is 11.9 Å². The third-order valence-corrected chi connectivity index (χ3v) is 12.2. The molecule has 0 aromatic heterocycles. The van der Waals surface area contributed by atoms with Crippen molar-refractivity contribution in [2.24, 2.45) is 17.8 Å². The standard InChI is InChI=1S/C48H76N2O13/c1-29(2)25-38(53)61-46-33(6)59-40(28-48(46,7)56)62-43-32(5)60-47(42(55)41(43)50(8)9)63-44-35(22-24-49-23-21-34-18-14-12-15-19-34)26-30(3)36(51)20-16-11-13-17-31(4)58-39(54)27-37(52)45(44)57-10/h11-16,18-20,29-33,35,37,40-47,49,52,55-56H,17,21-28H2,1-10H3/b13-11-,20-16-/t30-,31-,32-,33+,35+,37+,40+,41-,42-,43-,44+,45+,46+,47+,48-/m1/s1. The molecule has 15 atom stereocenters. The van der Waals surface area contributed by atoms with E-state index in [4.69, 9.17) is 33.2 Å². The van der Waals surface area contributed by atoms with Crippen LogP contribution in [0.5, 0.6) is 0 Å². The van der Waals surface area contributed by atoms with Crippen LogP contribution in [0.4, 0.5) is 0 Å². The first-order chi connectivity index (χ1) is 29.8. The van der Waals surface area contributed by atoms with Crippen molar-refractivity contribution in [2.75, 3.05) is 34.3 Å². The molecule has 15 nitrogen and oxygen atoms in total. The van der Waals surface area contributed by atoms with Crippen molar-refractivity contribution in [3.63, 3.8) is 0 Å². The van der Waals surface area contributed by atoms with Crippen molar-refractivity contribution >= 4 is 17.7 Å². The van der Waals surface area contributed by atoms with Crippen molar-refractivity contribution in [3.8, 4) is 0 Å². The van der Waals surface area contributed by atoms with Gasteiger partial charge < -0.3 is 58.7 Å². The van der Waals surface area contributed by atoms with E-state index in [-0.39, 0.29) is 31.0 Å². The predicted octanol–water partition coefficient (Wildman–Crippen LogP) is 4.28. The number of esters is 2. The molecule has 2 fully saturated rings. The van der Waals surface area contributed by atoms with E-state index in [1.165, 1.54) is 18.7 Å². The molecule has 356 valence electrons. The summed E-state index contributed by atoms with van der Waals surface area (Å²) in [6.45, 7) is 13.8. The van der Waals surface area contributed by atoms with E-state index in [1.54, 1.807) is 58.8 Å². The normalized spacial score (nSPS) is 37.4. The van der Waals surface area contributed by atoms with Crippen LogP contribution in [0.1, 0.15) is 92.6 Å². The number of aliphatic hydroxyl groups excluding tert-OH is 2. The Balaban J connectivity index is 1.62. The molecular formula is C48H76N2O13. The van der Waals surface area contributed by atoms with E-state index in [1.807, 2.05) is 45.0 Å². The van der Waals surface area contributed by atoms with Crippen molar-refractivity contribution < 1.29 is 62.9 Å². The number of benzene rings is 1. The highest BCUT2D eigenvalue weighted by atomic mass is 16.7. The average molecular weight is 889 g/mol. The van der Waals surface area contributed by atoms with Crippen LogP contribution in [0.3, 0.4) is 0 Å². The van der Waals surface area contributed by atoms with Gasteiger partial charge in [0.25, 0.3) is 0 Å². The number of allylic oxidation sites excluding steroid dienone is 3. The zero-order chi connectivity index (χ0) is 46.4. The zero-order valence-corrected chi connectivity index (χ0v) is 39.1. The average Bonchev–Trinajstić information content (AvgIpc) is 3.19. The second-order valence-electron chi connectivity index (χ2n) is 18.6. The lowest BCUT2D eigenvalue weighted by atomic mass is 9.82. The fourth-order valence-electron chi connectivity index (χ4n) is 8.89. The maximum Gasteiger partial charge on any atom is 0.308 e. The first-order valence-electron chi connectivity index (χ1n) is 22.7. The highest BCUT2D eigenvalue weighted by Gasteiger charge is 2.52. The molecule has 4 N–H and O–H groups in total. The maximum atomic E-state index is 13.5. The third kappa shape index (κ3) is 15.8. The van der Waals surface area contributed by atoms with E-state index in [2.05, 4.69) is 17.4 Å². The van der Waals surface area contributed by atoms with Crippen LogP contribution in [0.2, 0.25) is 0 Å². The number of ether oxygens (including phenoxy) is 7. The largest absolute Gasteiger partial charge is 0.462 e. The van der Waals surface area contributed by atoms with Gasteiger partial charge in [0.15, 0.2) is 24.5 Å². The molecule has 3 heterocycles. The molecule has 0 aliphatic carbocycles. The van der Waals surface area contributed by atoms with Crippen LogP contribution in [0.15, 0.2) is 54.6 Å². The number of likely N-dealkylation sites (N-methyl/N-ethyl adjacent to an activating group) is 1. The Labute approximate surface area is 374 Å². The second kappa shape index (κ2) is 25.0. The van der Waals surface area contributed by atoms with Crippen molar-refractivity contribution in [2.45, 2.75) is 173 Å². The summed E-state index contributed by atoms with van der Waals surface area (Å²) >= 11 is 0. The summed E-state index contributed by atoms with van der Waals surface area (Å²) in [5.74, 6) is -1.94. The van der Waals surface area contributed by atoms with Crippen molar-refractivity contribution in [1.82, 2.24) is 10.2 Å². The minimum absolute atomic E-state index is 0.0174. The number of nitrogens with one attached hydrogen (secondary N) is 1. The SMILES string of the molecule is CO[C@@H]1[C@@H](O[C@@H]2O[C@H](C)[C@@H](O[C@H]3C[C@@](C)(O)[C@@H](OC(=O)CC(C)C)[C@H](C)O3)[C@H](N(C)C)[C@H]2O)[C@@H](CCNCCc2ccccc2)C[C@@H](C)C(=O)/C=C\C=C/C[C@@H](C)OC(=O)C[C@@H]1O. The summed E-state index contributed by atoms with van der Waals surface area (Å²) < 4.78 is 43.4. The molecule has 3 aliphatic rings. The molecule has 1 aromatic carbocycles. The lowest BCUT2D eigenvalue weighted by molar-refractivity contribution is -0.344. The van der Waals surface area contributed by atoms with Gasteiger partial charge in [-0.25, -0.2) is 0 Å². The Morgan fingerprint density at radius 3 is 2.33 bits per heavy atom. The lowest BCUT2D eigenvalue weighted by Gasteiger charge is -2.50. The molecule has 0 amide bonds. The summed E-state index contributed by atoms with van der Waals surface area (Å²) in [5.41, 5.74) is -0.288. The molecule has 63 heavy (non-hydrogen) atoms. The minimum atomic E-state index is -1.48. The number of hydrogen-bond donors (Lipinski definition) is 4. The van der Waals surface area contributed by atoms with Gasteiger partial charge in [0, 0.05) is 32.3 Å². The van der Waals surface area contributed by atoms with E-state index >= 15 is 0 Å². The molecule has 1 aromatic rings. The first-order valence-corrected chi connectivity index (χ1v) is 22.7. The summed E-state index contributed by atoms with van der Waals surface area (Å²) in [6.07, 6.45) is -1.98. The second-order valence-corrected chi connectivity index (χ2v) is 18.6. The Bertz CT molecular complexity index is 1620. The van der Waals surface area contributed by atoms with Crippen LogP contribution < -0.4 is 5.32 Å². The van der Waals surface area contributed by atoms with E-state index < -0.39 is 103 Å². The number of carbonyl (C=O) groups excluding carboxylic acids is 3. The molecule has 2 saturated heterocycles. The van der Waals surface area contributed by atoms with Crippen LogP contribution >= 0.6 is 0 Å². The Morgan fingerprint density at radius 1 is 0.968 bits per heavy atom. The van der Waals surface area contributed by atoms with Gasteiger partial charge in [0.2, 0.25) is 0 Å². The number of hydrogen-bond acceptors (Lipinski definition) is 15. The number of rotatable bonds is 15. The smallest absolute Gasteiger partial charge is 0.308 e. The van der Waals surface area contributed by atoms with Gasteiger partial charge in [0.1, 0.15) is 30.0 Å². The minimum Gasteiger partial charge on any atom is -0.462 e.